The smallest absolute Gasteiger partial charge is 0.254 e. The lowest BCUT2D eigenvalue weighted by Gasteiger charge is -2.28. The predicted octanol–water partition coefficient (Wildman–Crippen LogP) is 3.07. The number of hydrogen-bond donors (Lipinski definition) is 0. The van der Waals surface area contributed by atoms with Gasteiger partial charge in [-0.3, -0.25) is 9.59 Å². The lowest BCUT2D eigenvalue weighted by molar-refractivity contribution is -0.134. The SMILES string of the molecule is CCCN(CC(=O)N(Cc1ccco1)CC1CCCO1)C(=O)c1ccc2c(c1)OCO2. The number of carbonyl (C=O) groups excluding carboxylic acids is 2. The van der Waals surface area contributed by atoms with Crippen molar-refractivity contribution in [1.29, 1.82) is 0 Å². The largest absolute Gasteiger partial charge is 0.467 e. The topological polar surface area (TPSA) is 81.5 Å². The Balaban J connectivity index is 1.47. The first-order chi connectivity index (χ1) is 15.1. The molecule has 1 atom stereocenters. The van der Waals surface area contributed by atoms with Crippen LogP contribution >= 0.6 is 0 Å². The van der Waals surface area contributed by atoms with E-state index in [0.29, 0.717) is 42.5 Å². The van der Waals surface area contributed by atoms with E-state index in [4.69, 9.17) is 18.6 Å². The molecule has 2 aliphatic heterocycles. The highest BCUT2D eigenvalue weighted by Gasteiger charge is 2.27. The molecule has 0 bridgehead atoms. The maximum atomic E-state index is 13.3. The molecule has 1 saturated heterocycles. The van der Waals surface area contributed by atoms with Crippen molar-refractivity contribution in [2.75, 3.05) is 33.0 Å². The number of fused-ring (bicyclic) bond motifs is 1. The molecule has 8 nitrogen and oxygen atoms in total. The Morgan fingerprint density at radius 1 is 1.13 bits per heavy atom. The normalized spacial score (nSPS) is 17.0. The first-order valence-corrected chi connectivity index (χ1v) is 10.7. The Kier molecular flexibility index (Phi) is 6.76. The van der Waals surface area contributed by atoms with E-state index in [1.165, 1.54) is 0 Å². The molecule has 1 fully saturated rings. The predicted molar refractivity (Wildman–Crippen MR) is 112 cm³/mol. The number of amides is 2. The van der Waals surface area contributed by atoms with Crippen molar-refractivity contribution in [2.24, 2.45) is 0 Å². The Bertz CT molecular complexity index is 891. The first-order valence-electron chi connectivity index (χ1n) is 10.7. The van der Waals surface area contributed by atoms with Crippen molar-refractivity contribution in [3.05, 3.63) is 47.9 Å². The maximum Gasteiger partial charge on any atom is 0.254 e. The summed E-state index contributed by atoms with van der Waals surface area (Å²) in [5.41, 5.74) is 0.474. The summed E-state index contributed by atoms with van der Waals surface area (Å²) in [6.45, 7) is 4.16. The van der Waals surface area contributed by atoms with Gasteiger partial charge in [-0.2, -0.15) is 0 Å². The van der Waals surface area contributed by atoms with Crippen molar-refractivity contribution >= 4 is 11.8 Å². The molecule has 0 saturated carbocycles. The van der Waals surface area contributed by atoms with Gasteiger partial charge in [0.25, 0.3) is 5.91 Å². The molecular weight excluding hydrogens is 400 g/mol. The van der Waals surface area contributed by atoms with E-state index in [0.717, 1.165) is 25.9 Å². The summed E-state index contributed by atoms with van der Waals surface area (Å²) in [5.74, 6) is 1.54. The van der Waals surface area contributed by atoms with Gasteiger partial charge in [0.15, 0.2) is 11.5 Å². The van der Waals surface area contributed by atoms with Gasteiger partial charge in [-0.15, -0.1) is 0 Å². The van der Waals surface area contributed by atoms with E-state index in [1.54, 1.807) is 40.3 Å². The highest BCUT2D eigenvalue weighted by Crippen LogP contribution is 2.32. The van der Waals surface area contributed by atoms with Crippen LogP contribution in [0.1, 0.15) is 42.3 Å². The number of nitrogens with zero attached hydrogens (tertiary/aromatic N) is 2. The fourth-order valence-corrected chi connectivity index (χ4v) is 3.88. The third-order valence-electron chi connectivity index (χ3n) is 5.45. The number of benzene rings is 1. The molecule has 2 amide bonds. The van der Waals surface area contributed by atoms with Crippen LogP contribution in [0.2, 0.25) is 0 Å². The number of rotatable bonds is 9. The molecule has 2 aromatic rings. The molecule has 1 unspecified atom stereocenters. The van der Waals surface area contributed by atoms with Gasteiger partial charge in [0.05, 0.1) is 18.9 Å². The van der Waals surface area contributed by atoms with E-state index in [1.807, 2.05) is 13.0 Å². The Morgan fingerprint density at radius 2 is 2.00 bits per heavy atom. The van der Waals surface area contributed by atoms with Crippen LogP contribution in [0.25, 0.3) is 0 Å². The number of furan rings is 1. The summed E-state index contributed by atoms with van der Waals surface area (Å²) in [7, 11) is 0. The fraction of sp³-hybridized carbons (Fsp3) is 0.478. The second-order valence-corrected chi connectivity index (χ2v) is 7.78. The molecular formula is C23H28N2O6. The van der Waals surface area contributed by atoms with Gasteiger partial charge >= 0.3 is 0 Å². The first kappa shape index (κ1) is 21.2. The molecule has 0 aliphatic carbocycles. The zero-order valence-corrected chi connectivity index (χ0v) is 17.7. The molecule has 8 heteroatoms. The van der Waals surface area contributed by atoms with Crippen LogP contribution < -0.4 is 9.47 Å². The quantitative estimate of drug-likeness (QED) is 0.611. The van der Waals surface area contributed by atoms with Gasteiger partial charge in [-0.05, 0) is 49.6 Å². The summed E-state index contributed by atoms with van der Waals surface area (Å²) in [6, 6.07) is 8.75. The molecule has 1 aromatic carbocycles. The molecule has 0 spiro atoms. The zero-order chi connectivity index (χ0) is 21.6. The molecule has 2 aliphatic rings. The highest BCUT2D eigenvalue weighted by molar-refractivity contribution is 5.97. The molecule has 0 radical (unpaired) electrons. The molecule has 3 heterocycles. The van der Waals surface area contributed by atoms with Crippen molar-refractivity contribution < 1.29 is 28.2 Å². The monoisotopic (exact) mass is 428 g/mol. The van der Waals surface area contributed by atoms with E-state index in [-0.39, 0.29) is 31.3 Å². The molecule has 166 valence electrons. The Hall–Kier alpha value is -3.00. The molecule has 1 aromatic heterocycles. The van der Waals surface area contributed by atoms with Gasteiger partial charge in [-0.1, -0.05) is 6.92 Å². The summed E-state index contributed by atoms with van der Waals surface area (Å²) >= 11 is 0. The van der Waals surface area contributed by atoms with Crippen molar-refractivity contribution in [1.82, 2.24) is 9.80 Å². The minimum Gasteiger partial charge on any atom is -0.467 e. The minimum atomic E-state index is -0.205. The Morgan fingerprint density at radius 3 is 2.74 bits per heavy atom. The number of carbonyl (C=O) groups is 2. The van der Waals surface area contributed by atoms with E-state index in [9.17, 15) is 9.59 Å². The summed E-state index contributed by atoms with van der Waals surface area (Å²) in [6.07, 6.45) is 4.28. The number of ether oxygens (including phenoxy) is 3. The van der Waals surface area contributed by atoms with E-state index in [2.05, 4.69) is 0 Å². The summed E-state index contributed by atoms with van der Waals surface area (Å²) < 4.78 is 21.9. The van der Waals surface area contributed by atoms with Crippen LogP contribution in [0.5, 0.6) is 11.5 Å². The second kappa shape index (κ2) is 9.87. The van der Waals surface area contributed by atoms with Gasteiger partial charge < -0.3 is 28.4 Å². The average molecular weight is 428 g/mol. The van der Waals surface area contributed by atoms with Crippen LogP contribution in [0.15, 0.2) is 41.0 Å². The third kappa shape index (κ3) is 5.19. The molecule has 4 rings (SSSR count). The van der Waals surface area contributed by atoms with Gasteiger partial charge in [-0.25, -0.2) is 0 Å². The average Bonchev–Trinajstić information content (AvgIpc) is 3.54. The van der Waals surface area contributed by atoms with Gasteiger partial charge in [0, 0.05) is 25.3 Å². The van der Waals surface area contributed by atoms with Crippen LogP contribution in [-0.4, -0.2) is 60.8 Å². The summed E-state index contributed by atoms with van der Waals surface area (Å²) in [5, 5.41) is 0. The van der Waals surface area contributed by atoms with Crippen LogP contribution in [0.4, 0.5) is 0 Å². The lowest BCUT2D eigenvalue weighted by Crippen LogP contribution is -2.45. The standard InChI is InChI=1S/C23H28N2O6/c1-2-9-24(23(27)17-7-8-20-21(12-17)31-16-30-20)15-22(26)25(13-18-5-3-10-28-18)14-19-6-4-11-29-19/h3,5,7-8,10,12,19H,2,4,6,9,11,13-16H2,1H3. The third-order valence-corrected chi connectivity index (χ3v) is 5.45. The fourth-order valence-electron chi connectivity index (χ4n) is 3.88. The minimum absolute atomic E-state index is 0.00541. The van der Waals surface area contributed by atoms with E-state index < -0.39 is 0 Å². The van der Waals surface area contributed by atoms with Crippen LogP contribution in [-0.2, 0) is 16.1 Å². The lowest BCUT2D eigenvalue weighted by atomic mass is 10.1. The van der Waals surface area contributed by atoms with Crippen molar-refractivity contribution in [3.63, 3.8) is 0 Å². The van der Waals surface area contributed by atoms with Crippen molar-refractivity contribution in [2.45, 2.75) is 38.8 Å². The number of hydrogen-bond acceptors (Lipinski definition) is 6. The zero-order valence-electron chi connectivity index (χ0n) is 17.7. The maximum absolute atomic E-state index is 13.3. The highest BCUT2D eigenvalue weighted by atomic mass is 16.7. The van der Waals surface area contributed by atoms with Gasteiger partial charge in [0.2, 0.25) is 12.7 Å². The molecule has 31 heavy (non-hydrogen) atoms. The van der Waals surface area contributed by atoms with E-state index >= 15 is 0 Å². The van der Waals surface area contributed by atoms with Gasteiger partial charge in [0.1, 0.15) is 12.3 Å². The van der Waals surface area contributed by atoms with Crippen LogP contribution in [0.3, 0.4) is 0 Å². The van der Waals surface area contributed by atoms with Crippen LogP contribution in [0, 0.1) is 0 Å². The second-order valence-electron chi connectivity index (χ2n) is 7.78. The Labute approximate surface area is 181 Å². The van der Waals surface area contributed by atoms with Crippen molar-refractivity contribution in [3.8, 4) is 11.5 Å². The molecule has 0 N–H and O–H groups in total. The summed E-state index contributed by atoms with van der Waals surface area (Å²) in [4.78, 5) is 29.7.